The Balaban J connectivity index is 1.68. The Labute approximate surface area is 106 Å². The molecular formula is C13H15ClN2O. The van der Waals surface area contributed by atoms with Gasteiger partial charge in [0.1, 0.15) is 5.69 Å². The van der Waals surface area contributed by atoms with Gasteiger partial charge in [-0.05, 0) is 42.9 Å². The zero-order valence-corrected chi connectivity index (χ0v) is 10.4. The zero-order valence-electron chi connectivity index (χ0n) is 9.66. The van der Waals surface area contributed by atoms with Crippen molar-refractivity contribution < 1.29 is 4.79 Å². The van der Waals surface area contributed by atoms with E-state index in [2.05, 4.69) is 9.88 Å². The van der Waals surface area contributed by atoms with E-state index in [1.54, 1.807) is 6.20 Å². The molecule has 0 N–H and O–H groups in total. The molecule has 1 aliphatic heterocycles. The molecule has 1 aromatic rings. The standard InChI is InChI=1S/C13H15ClN2O/c14-11-5-10(6-15-12(11)8-17)7-16-4-3-13(9-16)1-2-13/h5-6,8H,1-4,7,9H2. The van der Waals surface area contributed by atoms with E-state index in [1.165, 1.54) is 32.4 Å². The van der Waals surface area contributed by atoms with E-state index in [0.717, 1.165) is 12.1 Å². The van der Waals surface area contributed by atoms with Crippen molar-refractivity contribution in [2.45, 2.75) is 25.8 Å². The Morgan fingerprint density at radius 3 is 2.88 bits per heavy atom. The molecule has 0 amide bonds. The number of hydrogen-bond donors (Lipinski definition) is 0. The number of carbonyl (C=O) groups excluding carboxylic acids is 1. The molecule has 3 rings (SSSR count). The second-order valence-corrected chi connectivity index (χ2v) is 5.70. The topological polar surface area (TPSA) is 33.2 Å². The average molecular weight is 251 g/mol. The maximum absolute atomic E-state index is 10.6. The first-order valence-corrected chi connectivity index (χ1v) is 6.41. The van der Waals surface area contributed by atoms with E-state index in [0.29, 0.717) is 22.4 Å². The van der Waals surface area contributed by atoms with E-state index >= 15 is 0 Å². The first-order valence-electron chi connectivity index (χ1n) is 6.03. The number of rotatable bonds is 3. The molecule has 1 saturated heterocycles. The average Bonchev–Trinajstić information content (AvgIpc) is 2.94. The Hall–Kier alpha value is -0.930. The van der Waals surface area contributed by atoms with Crippen LogP contribution >= 0.6 is 11.6 Å². The van der Waals surface area contributed by atoms with Crippen molar-refractivity contribution in [1.29, 1.82) is 0 Å². The van der Waals surface area contributed by atoms with E-state index in [4.69, 9.17) is 11.6 Å². The predicted octanol–water partition coefficient (Wildman–Crippen LogP) is 2.53. The minimum atomic E-state index is 0.329. The molecule has 4 heteroatoms. The highest BCUT2D eigenvalue weighted by atomic mass is 35.5. The summed E-state index contributed by atoms with van der Waals surface area (Å²) in [6.07, 6.45) is 6.58. The molecule has 0 unspecified atom stereocenters. The molecule has 2 aliphatic rings. The van der Waals surface area contributed by atoms with Gasteiger partial charge in [0.05, 0.1) is 5.02 Å². The van der Waals surface area contributed by atoms with Gasteiger partial charge < -0.3 is 0 Å². The second-order valence-electron chi connectivity index (χ2n) is 5.29. The molecule has 3 nitrogen and oxygen atoms in total. The van der Waals surface area contributed by atoms with E-state index in [9.17, 15) is 4.79 Å². The normalized spacial score (nSPS) is 21.9. The molecule has 2 heterocycles. The highest BCUT2D eigenvalue weighted by Crippen LogP contribution is 2.52. The Kier molecular flexibility index (Phi) is 2.68. The summed E-state index contributed by atoms with van der Waals surface area (Å²) in [7, 11) is 0. The number of hydrogen-bond acceptors (Lipinski definition) is 3. The molecule has 1 aromatic heterocycles. The van der Waals surface area contributed by atoms with Gasteiger partial charge in [0.25, 0.3) is 0 Å². The van der Waals surface area contributed by atoms with Crippen molar-refractivity contribution in [3.63, 3.8) is 0 Å². The Morgan fingerprint density at radius 2 is 2.29 bits per heavy atom. The Morgan fingerprint density at radius 1 is 1.47 bits per heavy atom. The summed E-state index contributed by atoms with van der Waals surface area (Å²) in [6, 6.07) is 1.86. The summed E-state index contributed by atoms with van der Waals surface area (Å²) in [5, 5.41) is 0.456. The highest BCUT2D eigenvalue weighted by Gasteiger charge is 2.47. The van der Waals surface area contributed by atoms with Gasteiger partial charge in [-0.15, -0.1) is 0 Å². The third kappa shape index (κ3) is 2.22. The lowest BCUT2D eigenvalue weighted by Crippen LogP contribution is -2.20. The van der Waals surface area contributed by atoms with Crippen LogP contribution in [0, 0.1) is 5.41 Å². The monoisotopic (exact) mass is 250 g/mol. The molecule has 90 valence electrons. The fourth-order valence-corrected chi connectivity index (χ4v) is 2.90. The van der Waals surface area contributed by atoms with Crippen LogP contribution in [0.15, 0.2) is 12.3 Å². The number of nitrogens with zero attached hydrogens (tertiary/aromatic N) is 2. The summed E-state index contributed by atoms with van der Waals surface area (Å²) >= 11 is 5.97. The van der Waals surface area contributed by atoms with Crippen molar-refractivity contribution in [3.8, 4) is 0 Å². The van der Waals surface area contributed by atoms with Crippen LogP contribution in [0.5, 0.6) is 0 Å². The minimum Gasteiger partial charge on any atom is -0.298 e. The van der Waals surface area contributed by atoms with Crippen LogP contribution < -0.4 is 0 Å². The summed E-state index contributed by atoms with van der Waals surface area (Å²) in [6.45, 7) is 3.28. The van der Waals surface area contributed by atoms with Crippen LogP contribution in [0.1, 0.15) is 35.3 Å². The zero-order chi connectivity index (χ0) is 11.9. The lowest BCUT2D eigenvalue weighted by Gasteiger charge is -2.15. The van der Waals surface area contributed by atoms with E-state index < -0.39 is 0 Å². The number of aldehydes is 1. The molecule has 1 saturated carbocycles. The Bertz CT molecular complexity index is 457. The van der Waals surface area contributed by atoms with Gasteiger partial charge in [0.15, 0.2) is 6.29 Å². The van der Waals surface area contributed by atoms with Crippen LogP contribution in [0.2, 0.25) is 5.02 Å². The van der Waals surface area contributed by atoms with Gasteiger partial charge in [0, 0.05) is 19.3 Å². The number of halogens is 1. The van der Waals surface area contributed by atoms with E-state index in [-0.39, 0.29) is 0 Å². The second kappa shape index (κ2) is 4.07. The van der Waals surface area contributed by atoms with Gasteiger partial charge in [-0.2, -0.15) is 0 Å². The molecule has 0 aromatic carbocycles. The maximum Gasteiger partial charge on any atom is 0.169 e. The van der Waals surface area contributed by atoms with Crippen molar-refractivity contribution in [2.75, 3.05) is 13.1 Å². The summed E-state index contributed by atoms with van der Waals surface area (Å²) in [4.78, 5) is 17.1. The molecule has 17 heavy (non-hydrogen) atoms. The highest BCUT2D eigenvalue weighted by molar-refractivity contribution is 6.32. The molecule has 2 fully saturated rings. The first kappa shape index (κ1) is 11.2. The largest absolute Gasteiger partial charge is 0.298 e. The van der Waals surface area contributed by atoms with Crippen LogP contribution in [0.3, 0.4) is 0 Å². The fraction of sp³-hybridized carbons (Fsp3) is 0.538. The third-order valence-corrected chi connectivity index (χ3v) is 4.22. The van der Waals surface area contributed by atoms with Crippen LogP contribution in [-0.4, -0.2) is 29.3 Å². The number of carbonyl (C=O) groups is 1. The predicted molar refractivity (Wildman–Crippen MR) is 66.2 cm³/mol. The maximum atomic E-state index is 10.6. The van der Waals surface area contributed by atoms with Crippen molar-refractivity contribution in [1.82, 2.24) is 9.88 Å². The van der Waals surface area contributed by atoms with Crippen LogP contribution in [0.25, 0.3) is 0 Å². The minimum absolute atomic E-state index is 0.329. The molecular weight excluding hydrogens is 236 g/mol. The smallest absolute Gasteiger partial charge is 0.169 e. The quantitative estimate of drug-likeness (QED) is 0.773. The number of aromatic nitrogens is 1. The molecule has 1 spiro atoms. The van der Waals surface area contributed by atoms with Crippen molar-refractivity contribution in [3.05, 3.63) is 28.5 Å². The van der Waals surface area contributed by atoms with Gasteiger partial charge in [-0.25, -0.2) is 0 Å². The van der Waals surface area contributed by atoms with Gasteiger partial charge in [-0.3, -0.25) is 14.7 Å². The van der Waals surface area contributed by atoms with Gasteiger partial charge >= 0.3 is 0 Å². The van der Waals surface area contributed by atoms with Gasteiger partial charge in [-0.1, -0.05) is 11.6 Å². The van der Waals surface area contributed by atoms with Crippen LogP contribution in [0.4, 0.5) is 0 Å². The molecule has 0 atom stereocenters. The number of likely N-dealkylation sites (tertiary alicyclic amines) is 1. The first-order chi connectivity index (χ1) is 8.21. The van der Waals surface area contributed by atoms with Crippen molar-refractivity contribution in [2.24, 2.45) is 5.41 Å². The summed E-state index contributed by atoms with van der Waals surface area (Å²) in [5.74, 6) is 0. The third-order valence-electron chi connectivity index (χ3n) is 3.92. The number of pyridine rings is 1. The summed E-state index contributed by atoms with van der Waals surface area (Å²) in [5.41, 5.74) is 2.08. The lowest BCUT2D eigenvalue weighted by molar-refractivity contribution is 0.111. The molecule has 0 radical (unpaired) electrons. The SMILES string of the molecule is O=Cc1ncc(CN2CCC3(CC3)C2)cc1Cl. The van der Waals surface area contributed by atoms with Gasteiger partial charge in [0.2, 0.25) is 0 Å². The molecule has 1 aliphatic carbocycles. The molecule has 0 bridgehead atoms. The summed E-state index contributed by atoms with van der Waals surface area (Å²) < 4.78 is 0. The van der Waals surface area contributed by atoms with Crippen LogP contribution in [-0.2, 0) is 6.54 Å². The lowest BCUT2D eigenvalue weighted by atomic mass is 10.1. The van der Waals surface area contributed by atoms with E-state index in [1.807, 2.05) is 6.07 Å². The van der Waals surface area contributed by atoms with Crippen molar-refractivity contribution >= 4 is 17.9 Å². The fourth-order valence-electron chi connectivity index (χ4n) is 2.67.